The number of fused-ring (bicyclic) bond motifs is 6. The molecule has 2 aliphatic heterocycles. The van der Waals surface area contributed by atoms with Crippen molar-refractivity contribution in [2.75, 3.05) is 30.5 Å². The minimum atomic E-state index is -0.572. The number of nitrogens with zero attached hydrogens (tertiary/aromatic N) is 3. The highest BCUT2D eigenvalue weighted by Gasteiger charge is 2.47. The van der Waals surface area contributed by atoms with Crippen LogP contribution in [0.3, 0.4) is 0 Å². The second-order valence-electron chi connectivity index (χ2n) is 9.19. The molecular weight excluding hydrogens is 468 g/mol. The molecule has 1 N–H and O–H groups in total. The van der Waals surface area contributed by atoms with Gasteiger partial charge in [-0.15, -0.1) is 0 Å². The zero-order valence-electron chi connectivity index (χ0n) is 20.4. The second kappa shape index (κ2) is 9.22. The van der Waals surface area contributed by atoms with Crippen molar-refractivity contribution in [2.24, 2.45) is 0 Å². The van der Waals surface area contributed by atoms with Gasteiger partial charge in [0.25, 0.3) is 11.8 Å². The summed E-state index contributed by atoms with van der Waals surface area (Å²) in [6.07, 6.45) is 1.50. The zero-order chi connectivity index (χ0) is 25.5. The van der Waals surface area contributed by atoms with Crippen LogP contribution >= 0.6 is 0 Å². The molecule has 4 aromatic rings. The van der Waals surface area contributed by atoms with Crippen LogP contribution in [-0.2, 0) is 16.1 Å². The normalized spacial score (nSPS) is 16.1. The molecule has 0 saturated heterocycles. The fourth-order valence-electron chi connectivity index (χ4n) is 5.35. The fraction of sp³-hybridized carbons (Fsp3) is 0.207. The molecule has 2 aliphatic rings. The molecule has 0 fully saturated rings. The summed E-state index contributed by atoms with van der Waals surface area (Å²) < 4.78 is 7.28. The van der Waals surface area contributed by atoms with E-state index >= 15 is 0 Å². The van der Waals surface area contributed by atoms with Crippen molar-refractivity contribution in [3.05, 3.63) is 95.7 Å². The largest absolute Gasteiger partial charge is 0.383 e. The van der Waals surface area contributed by atoms with Gasteiger partial charge in [-0.05, 0) is 36.4 Å². The van der Waals surface area contributed by atoms with Crippen LogP contribution in [-0.4, -0.2) is 47.4 Å². The first kappa shape index (κ1) is 23.0. The van der Waals surface area contributed by atoms with Gasteiger partial charge in [0.05, 0.1) is 29.1 Å². The van der Waals surface area contributed by atoms with Crippen molar-refractivity contribution in [1.29, 1.82) is 0 Å². The van der Waals surface area contributed by atoms with Gasteiger partial charge in [0.15, 0.2) is 0 Å². The van der Waals surface area contributed by atoms with Gasteiger partial charge in [-0.2, -0.15) is 0 Å². The number of carbonyl (C=O) groups excluding carboxylic acids is 3. The van der Waals surface area contributed by atoms with E-state index in [0.29, 0.717) is 30.0 Å². The molecule has 8 nitrogen and oxygen atoms in total. The molecule has 1 aromatic heterocycles. The standard InChI is InChI=1S/C29H26N4O4/c1-37-18-17-31-15-13-21-23(10-6-12-24(21)31)30-26(34)14-16-32-27-19-7-2-3-8-20(19)29(36)33(27)25-11-5-4-9-22(25)28(32)35/h2-13,15,27H,14,16-18H2,1H3,(H,30,34)/t27-/m0/s1. The molecule has 0 aliphatic carbocycles. The molecule has 0 spiro atoms. The number of methoxy groups -OCH3 is 1. The van der Waals surface area contributed by atoms with Crippen LogP contribution in [0.5, 0.6) is 0 Å². The number of nitrogens with one attached hydrogen (secondary N) is 1. The lowest BCUT2D eigenvalue weighted by Crippen LogP contribution is -2.49. The molecule has 0 radical (unpaired) electrons. The maximum absolute atomic E-state index is 13.6. The van der Waals surface area contributed by atoms with Gasteiger partial charge in [0.1, 0.15) is 6.17 Å². The number of ether oxygens (including phenoxy) is 1. The van der Waals surface area contributed by atoms with Crippen LogP contribution < -0.4 is 10.2 Å². The molecule has 0 saturated carbocycles. The quantitative estimate of drug-likeness (QED) is 0.412. The predicted octanol–water partition coefficient (Wildman–Crippen LogP) is 4.43. The number of anilines is 2. The minimum Gasteiger partial charge on any atom is -0.383 e. The maximum Gasteiger partial charge on any atom is 0.260 e. The third kappa shape index (κ3) is 3.77. The third-order valence-electron chi connectivity index (χ3n) is 7.09. The number of hydrogen-bond acceptors (Lipinski definition) is 4. The average Bonchev–Trinajstić information content (AvgIpc) is 3.47. The Hall–Kier alpha value is -4.43. The number of hydrogen-bond donors (Lipinski definition) is 1. The zero-order valence-corrected chi connectivity index (χ0v) is 20.4. The highest BCUT2D eigenvalue weighted by Crippen LogP contribution is 2.45. The van der Waals surface area contributed by atoms with Crippen molar-refractivity contribution in [3.63, 3.8) is 0 Å². The van der Waals surface area contributed by atoms with Gasteiger partial charge in [0.2, 0.25) is 5.91 Å². The first-order chi connectivity index (χ1) is 18.1. The van der Waals surface area contributed by atoms with Gasteiger partial charge in [-0.25, -0.2) is 0 Å². The van der Waals surface area contributed by atoms with E-state index in [1.165, 1.54) is 0 Å². The Balaban J connectivity index is 1.25. The molecule has 8 heteroatoms. The monoisotopic (exact) mass is 494 g/mol. The van der Waals surface area contributed by atoms with Crippen LogP contribution in [0.4, 0.5) is 11.4 Å². The fourth-order valence-corrected chi connectivity index (χ4v) is 5.35. The number of aromatic nitrogens is 1. The third-order valence-corrected chi connectivity index (χ3v) is 7.09. The van der Waals surface area contributed by atoms with Gasteiger partial charge < -0.3 is 19.5 Å². The lowest BCUT2D eigenvalue weighted by atomic mass is 10.0. The van der Waals surface area contributed by atoms with Crippen LogP contribution in [0.25, 0.3) is 10.9 Å². The number of para-hydroxylation sites is 1. The van der Waals surface area contributed by atoms with Gasteiger partial charge in [-0.3, -0.25) is 19.3 Å². The van der Waals surface area contributed by atoms with Gasteiger partial charge in [-0.1, -0.05) is 36.4 Å². The lowest BCUT2D eigenvalue weighted by molar-refractivity contribution is -0.116. The van der Waals surface area contributed by atoms with Crippen LogP contribution in [0.15, 0.2) is 79.0 Å². The number of benzene rings is 3. The molecule has 1 atom stereocenters. The Bertz CT molecular complexity index is 1540. The van der Waals surface area contributed by atoms with E-state index in [-0.39, 0.29) is 30.7 Å². The summed E-state index contributed by atoms with van der Waals surface area (Å²) in [5.74, 6) is -0.529. The van der Waals surface area contributed by atoms with E-state index in [0.717, 1.165) is 22.2 Å². The second-order valence-corrected chi connectivity index (χ2v) is 9.19. The first-order valence-corrected chi connectivity index (χ1v) is 12.3. The predicted molar refractivity (Wildman–Crippen MR) is 141 cm³/mol. The Morgan fingerprint density at radius 2 is 1.68 bits per heavy atom. The van der Waals surface area contributed by atoms with E-state index in [1.807, 2.05) is 54.7 Å². The summed E-state index contributed by atoms with van der Waals surface area (Å²) in [4.78, 5) is 43.2. The number of amides is 3. The maximum atomic E-state index is 13.6. The summed E-state index contributed by atoms with van der Waals surface area (Å²) in [5.41, 5.74) is 4.15. The molecule has 0 bridgehead atoms. The van der Waals surface area contributed by atoms with Crippen molar-refractivity contribution in [2.45, 2.75) is 19.1 Å². The lowest BCUT2D eigenvalue weighted by Gasteiger charge is -2.40. The average molecular weight is 495 g/mol. The molecule has 3 amide bonds. The Morgan fingerprint density at radius 1 is 0.892 bits per heavy atom. The molecule has 0 unspecified atom stereocenters. The van der Waals surface area contributed by atoms with Crippen molar-refractivity contribution in [1.82, 2.24) is 9.47 Å². The number of carbonyl (C=O) groups is 3. The Kier molecular flexibility index (Phi) is 5.73. The number of rotatable bonds is 7. The summed E-state index contributed by atoms with van der Waals surface area (Å²) >= 11 is 0. The van der Waals surface area contributed by atoms with Gasteiger partial charge in [0, 0.05) is 49.3 Å². The van der Waals surface area contributed by atoms with E-state index in [1.54, 1.807) is 41.2 Å². The SMILES string of the molecule is COCCn1ccc2c(NC(=O)CCN3C(=O)c4ccccc4N4C(=O)c5ccccc5[C@@H]34)cccc21. The van der Waals surface area contributed by atoms with E-state index in [4.69, 9.17) is 4.74 Å². The van der Waals surface area contributed by atoms with Crippen molar-refractivity contribution < 1.29 is 19.1 Å². The molecule has 3 heterocycles. The van der Waals surface area contributed by atoms with Gasteiger partial charge >= 0.3 is 0 Å². The van der Waals surface area contributed by atoms with Crippen molar-refractivity contribution in [3.8, 4) is 0 Å². The topological polar surface area (TPSA) is 83.9 Å². The molecule has 3 aromatic carbocycles. The molecule has 37 heavy (non-hydrogen) atoms. The van der Waals surface area contributed by atoms with E-state index in [2.05, 4.69) is 9.88 Å². The van der Waals surface area contributed by atoms with Crippen LogP contribution in [0.2, 0.25) is 0 Å². The summed E-state index contributed by atoms with van der Waals surface area (Å²) in [6, 6.07) is 22.3. The molecule has 186 valence electrons. The highest BCUT2D eigenvalue weighted by molar-refractivity contribution is 6.16. The van der Waals surface area contributed by atoms with Crippen LogP contribution in [0.1, 0.15) is 38.9 Å². The molecule has 6 rings (SSSR count). The Morgan fingerprint density at radius 3 is 2.51 bits per heavy atom. The summed E-state index contributed by atoms with van der Waals surface area (Å²) in [5, 5.41) is 3.95. The van der Waals surface area contributed by atoms with Crippen LogP contribution in [0, 0.1) is 0 Å². The smallest absolute Gasteiger partial charge is 0.260 e. The summed E-state index contributed by atoms with van der Waals surface area (Å²) in [6.45, 7) is 1.48. The minimum absolute atomic E-state index is 0.0926. The summed E-state index contributed by atoms with van der Waals surface area (Å²) in [7, 11) is 1.67. The highest BCUT2D eigenvalue weighted by atomic mass is 16.5. The van der Waals surface area contributed by atoms with E-state index in [9.17, 15) is 14.4 Å². The molecular formula is C29H26N4O4. The Labute approximate surface area is 214 Å². The van der Waals surface area contributed by atoms with E-state index < -0.39 is 6.17 Å². The van der Waals surface area contributed by atoms with Crippen molar-refractivity contribution >= 4 is 40.0 Å². The first-order valence-electron chi connectivity index (χ1n) is 12.3.